The molecule has 6 heteroatoms. The average Bonchev–Trinajstić information content (AvgIpc) is 3.20. The molecule has 0 amide bonds. The number of aliphatic hydroxyl groups is 2. The predicted molar refractivity (Wildman–Crippen MR) is 113 cm³/mol. The van der Waals surface area contributed by atoms with Gasteiger partial charge in [0.15, 0.2) is 23.5 Å². The maximum Gasteiger partial charge on any atom is 0.193 e. The highest BCUT2D eigenvalue weighted by Crippen LogP contribution is 2.69. The van der Waals surface area contributed by atoms with E-state index in [0.29, 0.717) is 19.3 Å². The first kappa shape index (κ1) is 21.5. The fourth-order valence-corrected chi connectivity index (χ4v) is 8.12. The summed E-state index contributed by atoms with van der Waals surface area (Å²) in [5, 5.41) is 21.4. The van der Waals surface area contributed by atoms with Crippen LogP contribution in [0, 0.1) is 28.6 Å². The van der Waals surface area contributed by atoms with Crippen molar-refractivity contribution in [1.29, 1.82) is 0 Å². The molecule has 1 aliphatic heterocycles. The van der Waals surface area contributed by atoms with Crippen LogP contribution >= 0.6 is 0 Å². The number of Topliss-reactive ketones (excluding diaryl/α,β-unsaturated/α-hetero) is 1. The molecule has 0 aromatic rings. The summed E-state index contributed by atoms with van der Waals surface area (Å²) >= 11 is 0. The van der Waals surface area contributed by atoms with Crippen LogP contribution in [0.1, 0.15) is 59.3 Å². The van der Waals surface area contributed by atoms with E-state index >= 15 is 0 Å². The van der Waals surface area contributed by atoms with E-state index in [-0.39, 0.29) is 34.7 Å². The molecule has 170 valence electrons. The number of carbonyl (C=O) groups excluding carboxylic acids is 2. The topological polar surface area (TPSA) is 93.1 Å². The molecule has 4 aliphatic carbocycles. The van der Waals surface area contributed by atoms with Crippen LogP contribution in [0.15, 0.2) is 23.8 Å². The molecule has 0 aromatic heterocycles. The Morgan fingerprint density at radius 1 is 1.32 bits per heavy atom. The van der Waals surface area contributed by atoms with Gasteiger partial charge in [0.25, 0.3) is 0 Å². The summed E-state index contributed by atoms with van der Waals surface area (Å²) in [4.78, 5) is 25.2. The van der Waals surface area contributed by atoms with Gasteiger partial charge in [-0.1, -0.05) is 38.8 Å². The van der Waals surface area contributed by atoms with Crippen molar-refractivity contribution >= 4 is 11.6 Å². The zero-order chi connectivity index (χ0) is 22.2. The third-order valence-corrected chi connectivity index (χ3v) is 9.37. The summed E-state index contributed by atoms with van der Waals surface area (Å²) in [6.45, 7) is 5.67. The second-order valence-corrected chi connectivity index (χ2v) is 10.7. The van der Waals surface area contributed by atoms with Gasteiger partial charge in [-0.15, -0.1) is 0 Å². The van der Waals surface area contributed by atoms with E-state index in [1.54, 1.807) is 12.2 Å². The summed E-state index contributed by atoms with van der Waals surface area (Å²) in [6, 6.07) is 0. The van der Waals surface area contributed by atoms with Gasteiger partial charge in [0.05, 0.1) is 12.2 Å². The maximum absolute atomic E-state index is 13.2. The van der Waals surface area contributed by atoms with Crippen molar-refractivity contribution in [1.82, 2.24) is 0 Å². The Balaban J connectivity index is 1.55. The van der Waals surface area contributed by atoms with Crippen LogP contribution < -0.4 is 0 Å². The Kier molecular flexibility index (Phi) is 4.91. The lowest BCUT2D eigenvalue weighted by atomic mass is 9.46. The second-order valence-electron chi connectivity index (χ2n) is 10.7. The number of ether oxygens (including phenoxy) is 2. The summed E-state index contributed by atoms with van der Waals surface area (Å²) in [5.41, 5.74) is -1.05. The third kappa shape index (κ3) is 2.65. The molecule has 3 saturated carbocycles. The van der Waals surface area contributed by atoms with Gasteiger partial charge in [0.1, 0.15) is 6.61 Å². The first-order valence-electron chi connectivity index (χ1n) is 11.8. The van der Waals surface area contributed by atoms with E-state index in [9.17, 15) is 19.8 Å². The standard InChI is InChI=1S/C25H34O6/c1-4-5-21-30-20-11-17-16-7-6-14-10-15(27)8-9-23(14,2)22(16)18(28)12-24(17,3)25(20,31-21)19(29)13-26/h8-10,16-18,20-22,26,28H,4-7,11-13H2,1-3H3/t16?,17?,18-,20-,21-,22?,23-,24-,25+/m0/s1. The molecule has 0 radical (unpaired) electrons. The van der Waals surface area contributed by atoms with Gasteiger partial charge < -0.3 is 19.7 Å². The summed E-state index contributed by atoms with van der Waals surface area (Å²) in [7, 11) is 0. The number of hydrogen-bond acceptors (Lipinski definition) is 6. The van der Waals surface area contributed by atoms with Crippen molar-refractivity contribution in [2.75, 3.05) is 6.61 Å². The molecule has 5 rings (SSSR count). The largest absolute Gasteiger partial charge is 0.393 e. The molecule has 1 heterocycles. The molecule has 6 nitrogen and oxygen atoms in total. The van der Waals surface area contributed by atoms with E-state index in [1.807, 2.05) is 6.08 Å². The van der Waals surface area contributed by atoms with Crippen molar-refractivity contribution in [3.8, 4) is 0 Å². The van der Waals surface area contributed by atoms with E-state index in [2.05, 4.69) is 20.8 Å². The SMILES string of the molecule is CCC[C@H]1O[C@H]2CC3C4CCC5=CC(=O)C=C[C@]5(C)C4[C@@H](O)C[C@]3(C)[C@]2(C(=O)CO)O1. The molecule has 0 aromatic carbocycles. The van der Waals surface area contributed by atoms with Crippen molar-refractivity contribution in [3.63, 3.8) is 0 Å². The quantitative estimate of drug-likeness (QED) is 0.712. The molecular formula is C25H34O6. The van der Waals surface area contributed by atoms with Crippen LogP contribution in [-0.2, 0) is 19.1 Å². The number of hydrogen-bond donors (Lipinski definition) is 2. The summed E-state index contributed by atoms with van der Waals surface area (Å²) < 4.78 is 12.7. The van der Waals surface area contributed by atoms with Crippen molar-refractivity contribution in [2.24, 2.45) is 28.6 Å². The molecule has 4 fully saturated rings. The van der Waals surface area contributed by atoms with Gasteiger partial charge >= 0.3 is 0 Å². The normalized spacial score (nSPS) is 50.4. The minimum atomic E-state index is -1.20. The lowest BCUT2D eigenvalue weighted by molar-refractivity contribution is -0.200. The van der Waals surface area contributed by atoms with Crippen LogP contribution in [0.3, 0.4) is 0 Å². The monoisotopic (exact) mass is 430 g/mol. The summed E-state index contributed by atoms with van der Waals surface area (Å²) in [5.74, 6) is 0.0274. The maximum atomic E-state index is 13.2. The lowest BCUT2D eigenvalue weighted by Crippen LogP contribution is -2.63. The number of carbonyl (C=O) groups is 2. The molecule has 31 heavy (non-hydrogen) atoms. The van der Waals surface area contributed by atoms with Crippen molar-refractivity contribution in [2.45, 2.75) is 83.4 Å². The number of ketones is 2. The smallest absolute Gasteiger partial charge is 0.193 e. The minimum Gasteiger partial charge on any atom is -0.393 e. The first-order chi connectivity index (χ1) is 14.7. The van der Waals surface area contributed by atoms with Gasteiger partial charge in [0, 0.05) is 16.7 Å². The molecule has 9 atom stereocenters. The number of fused-ring (bicyclic) bond motifs is 7. The molecule has 3 unspecified atom stereocenters. The Morgan fingerprint density at radius 2 is 2.10 bits per heavy atom. The highest BCUT2D eigenvalue weighted by molar-refractivity contribution is 6.01. The lowest BCUT2D eigenvalue weighted by Gasteiger charge is -2.59. The van der Waals surface area contributed by atoms with Gasteiger partial charge in [-0.2, -0.15) is 0 Å². The van der Waals surface area contributed by atoms with Gasteiger partial charge in [-0.25, -0.2) is 0 Å². The van der Waals surface area contributed by atoms with Crippen molar-refractivity contribution in [3.05, 3.63) is 23.8 Å². The fraction of sp³-hybridized carbons (Fsp3) is 0.760. The Labute approximate surface area is 183 Å². The summed E-state index contributed by atoms with van der Waals surface area (Å²) in [6.07, 6.45) is 8.31. The molecule has 0 bridgehead atoms. The molecule has 5 aliphatic rings. The zero-order valence-electron chi connectivity index (χ0n) is 18.7. The van der Waals surface area contributed by atoms with E-state index < -0.39 is 36.1 Å². The molecule has 1 saturated heterocycles. The van der Waals surface area contributed by atoms with Crippen LogP contribution in [0.2, 0.25) is 0 Å². The molecular weight excluding hydrogens is 396 g/mol. The minimum absolute atomic E-state index is 0.0125. The third-order valence-electron chi connectivity index (χ3n) is 9.37. The van der Waals surface area contributed by atoms with Gasteiger partial charge in [-0.3, -0.25) is 9.59 Å². The van der Waals surface area contributed by atoms with Crippen LogP contribution in [-0.4, -0.2) is 52.5 Å². The van der Waals surface area contributed by atoms with Crippen LogP contribution in [0.5, 0.6) is 0 Å². The fourth-order valence-electron chi connectivity index (χ4n) is 8.12. The highest BCUT2D eigenvalue weighted by Gasteiger charge is 2.75. The average molecular weight is 431 g/mol. The van der Waals surface area contributed by atoms with E-state index in [4.69, 9.17) is 9.47 Å². The van der Waals surface area contributed by atoms with Crippen LogP contribution in [0.25, 0.3) is 0 Å². The predicted octanol–water partition coefficient (Wildman–Crippen LogP) is 2.72. The van der Waals surface area contributed by atoms with E-state index in [0.717, 1.165) is 24.8 Å². The number of aliphatic hydroxyl groups excluding tert-OH is 2. The van der Waals surface area contributed by atoms with Gasteiger partial charge in [0.2, 0.25) is 0 Å². The highest BCUT2D eigenvalue weighted by atomic mass is 16.7. The number of allylic oxidation sites excluding steroid dienone is 4. The second kappa shape index (κ2) is 7.08. The number of rotatable bonds is 4. The first-order valence-corrected chi connectivity index (χ1v) is 11.8. The Bertz CT molecular complexity index is 862. The Morgan fingerprint density at radius 3 is 2.81 bits per heavy atom. The van der Waals surface area contributed by atoms with Gasteiger partial charge in [-0.05, 0) is 56.1 Å². The molecule has 0 spiro atoms. The van der Waals surface area contributed by atoms with Crippen molar-refractivity contribution < 1.29 is 29.3 Å². The zero-order valence-corrected chi connectivity index (χ0v) is 18.7. The van der Waals surface area contributed by atoms with Crippen LogP contribution in [0.4, 0.5) is 0 Å². The molecule has 2 N–H and O–H groups in total. The van der Waals surface area contributed by atoms with E-state index in [1.165, 1.54) is 0 Å². The Hall–Kier alpha value is -1.34.